The topological polar surface area (TPSA) is 71.5 Å². The highest BCUT2D eigenvalue weighted by Gasteiger charge is 2.45. The van der Waals surface area contributed by atoms with Crippen molar-refractivity contribution in [1.29, 1.82) is 0 Å². The van der Waals surface area contributed by atoms with Gasteiger partial charge in [0.1, 0.15) is 18.3 Å². The molecule has 1 atom stereocenters. The van der Waals surface area contributed by atoms with E-state index in [9.17, 15) is 10.1 Å². The molecule has 0 amide bonds. The number of ether oxygens (including phenoxy) is 1. The molecule has 3 heterocycles. The maximum absolute atomic E-state index is 11.2. The second-order valence-electron chi connectivity index (χ2n) is 5.37. The van der Waals surface area contributed by atoms with Crippen LogP contribution in [0.4, 0.5) is 23.0 Å². The van der Waals surface area contributed by atoms with Gasteiger partial charge in [-0.25, -0.2) is 4.57 Å². The summed E-state index contributed by atoms with van der Waals surface area (Å²) in [6.07, 6.45) is 0. The Balaban J connectivity index is 1.87. The van der Waals surface area contributed by atoms with Gasteiger partial charge in [0.15, 0.2) is 5.75 Å². The van der Waals surface area contributed by atoms with Crippen molar-refractivity contribution in [2.45, 2.75) is 6.04 Å². The summed E-state index contributed by atoms with van der Waals surface area (Å²) in [7, 11) is 1.65. The molecule has 1 aromatic heterocycles. The molecule has 0 fully saturated rings. The molecule has 0 aliphatic carbocycles. The van der Waals surface area contributed by atoms with Crippen LogP contribution in [0.1, 0.15) is 6.04 Å². The minimum absolute atomic E-state index is 0.119. The molecule has 0 saturated heterocycles. The van der Waals surface area contributed by atoms with Crippen LogP contribution in [0.15, 0.2) is 36.4 Å². The van der Waals surface area contributed by atoms with Crippen LogP contribution in [-0.2, 0) is 0 Å². The molecule has 0 radical (unpaired) electrons. The summed E-state index contributed by atoms with van der Waals surface area (Å²) < 4.78 is 7.46. The number of nitro groups is 1. The fraction of sp³-hybridized carbons (Fsp3) is 0.267. The van der Waals surface area contributed by atoms with Crippen molar-refractivity contribution in [2.24, 2.45) is 0 Å². The number of rotatable bonds is 3. The number of methoxy groups -OCH3 is 1. The van der Waals surface area contributed by atoms with Gasteiger partial charge in [-0.2, -0.15) is 0 Å². The number of para-hydroxylation sites is 2. The average Bonchev–Trinajstić information content (AvgIpc) is 3.11. The highest BCUT2D eigenvalue weighted by atomic mass is 16.6. The summed E-state index contributed by atoms with van der Waals surface area (Å²) in [5, 5.41) is 14.3. The Labute approximate surface area is 126 Å². The molecule has 112 valence electrons. The first kappa shape index (κ1) is 12.9. The first-order valence-electron chi connectivity index (χ1n) is 7.08. The summed E-state index contributed by atoms with van der Waals surface area (Å²) >= 11 is 0. The van der Waals surface area contributed by atoms with E-state index in [2.05, 4.69) is 10.2 Å². The molecule has 0 spiro atoms. The molecule has 0 bridgehead atoms. The van der Waals surface area contributed by atoms with Crippen molar-refractivity contribution >= 4 is 23.0 Å². The van der Waals surface area contributed by atoms with E-state index in [-0.39, 0.29) is 16.7 Å². The van der Waals surface area contributed by atoms with E-state index in [1.54, 1.807) is 19.2 Å². The summed E-state index contributed by atoms with van der Waals surface area (Å²) in [5.74, 6) is 2.33. The van der Waals surface area contributed by atoms with Crippen LogP contribution in [0.25, 0.3) is 0 Å². The van der Waals surface area contributed by atoms with Crippen LogP contribution in [-0.4, -0.2) is 25.1 Å². The van der Waals surface area contributed by atoms with Crippen molar-refractivity contribution in [3.8, 4) is 5.75 Å². The number of anilines is 3. The zero-order valence-corrected chi connectivity index (χ0v) is 12.0. The first-order valence-corrected chi connectivity index (χ1v) is 7.08. The quantitative estimate of drug-likeness (QED) is 0.533. The molecule has 2 aromatic rings. The first-order chi connectivity index (χ1) is 10.7. The van der Waals surface area contributed by atoms with Crippen molar-refractivity contribution < 1.29 is 14.2 Å². The lowest BCUT2D eigenvalue weighted by molar-refractivity contribution is -0.672. The number of nitrogens with one attached hydrogen (secondary N) is 1. The third-order valence-electron chi connectivity index (χ3n) is 4.23. The van der Waals surface area contributed by atoms with Gasteiger partial charge in [-0.05, 0) is 12.1 Å². The number of benzene rings is 1. The Hall–Kier alpha value is -2.83. The Bertz CT molecular complexity index is 777. The Morgan fingerprint density at radius 1 is 1.36 bits per heavy atom. The molecule has 7 nitrogen and oxygen atoms in total. The highest BCUT2D eigenvalue weighted by Crippen LogP contribution is 2.40. The van der Waals surface area contributed by atoms with Crippen molar-refractivity contribution in [3.05, 3.63) is 46.5 Å². The van der Waals surface area contributed by atoms with Crippen LogP contribution in [0.5, 0.6) is 5.75 Å². The smallest absolute Gasteiger partial charge is 0.341 e. The Kier molecular flexibility index (Phi) is 2.69. The number of nitrogens with zero attached hydrogens (tertiary/aromatic N) is 3. The van der Waals surface area contributed by atoms with E-state index >= 15 is 0 Å². The molecule has 1 unspecified atom stereocenters. The molecular formula is C15H15N4O3+. The molecule has 2 aliphatic heterocycles. The van der Waals surface area contributed by atoms with E-state index in [1.807, 2.05) is 28.8 Å². The molecule has 0 saturated carbocycles. The number of hydrogen-bond donors (Lipinski definition) is 1. The lowest BCUT2D eigenvalue weighted by atomic mass is 10.2. The van der Waals surface area contributed by atoms with E-state index in [1.165, 1.54) is 0 Å². The van der Waals surface area contributed by atoms with Crippen molar-refractivity contribution in [3.63, 3.8) is 0 Å². The predicted molar refractivity (Wildman–Crippen MR) is 80.8 cm³/mol. The Morgan fingerprint density at radius 3 is 2.95 bits per heavy atom. The van der Waals surface area contributed by atoms with Gasteiger partial charge in [0.2, 0.25) is 5.82 Å². The maximum atomic E-state index is 11.2. The molecule has 7 heteroatoms. The van der Waals surface area contributed by atoms with Gasteiger partial charge in [-0.15, -0.1) is 0 Å². The minimum Gasteiger partial charge on any atom is -0.493 e. The number of pyridine rings is 1. The van der Waals surface area contributed by atoms with E-state index in [4.69, 9.17) is 4.74 Å². The van der Waals surface area contributed by atoms with Gasteiger partial charge in [0.25, 0.3) is 0 Å². The SMILES string of the molecule is COc1ccccc1N1CC2CNc3c([N+](=O)[O-])ccc1[n+]32. The zero-order chi connectivity index (χ0) is 15.3. The van der Waals surface area contributed by atoms with Gasteiger partial charge in [0.05, 0.1) is 18.6 Å². The summed E-state index contributed by atoms with van der Waals surface area (Å²) in [5.41, 5.74) is 1.09. The standard InChI is InChI=1S/C15H14N4O3/c1-22-13-5-3-2-4-11(13)17-9-10-8-16-15-12(19(20)21)6-7-14(17)18(10)15/h2-7,10H,8-9H2,1H3/p+1. The molecule has 1 N–H and O–H groups in total. The largest absolute Gasteiger partial charge is 0.493 e. The highest BCUT2D eigenvalue weighted by molar-refractivity contribution is 5.69. The number of hydrogen-bond acceptors (Lipinski definition) is 5. The van der Waals surface area contributed by atoms with E-state index in [0.717, 1.165) is 23.8 Å². The van der Waals surface area contributed by atoms with Crippen LogP contribution >= 0.6 is 0 Å². The molecular weight excluding hydrogens is 284 g/mol. The average molecular weight is 299 g/mol. The molecule has 22 heavy (non-hydrogen) atoms. The lowest BCUT2D eigenvalue weighted by Crippen LogP contribution is -2.33. The van der Waals surface area contributed by atoms with Gasteiger partial charge in [-0.3, -0.25) is 20.3 Å². The monoisotopic (exact) mass is 299 g/mol. The van der Waals surface area contributed by atoms with Gasteiger partial charge < -0.3 is 4.74 Å². The van der Waals surface area contributed by atoms with E-state index < -0.39 is 0 Å². The van der Waals surface area contributed by atoms with Crippen molar-refractivity contribution in [2.75, 3.05) is 30.4 Å². The maximum Gasteiger partial charge on any atom is 0.341 e. The second kappa shape index (κ2) is 4.59. The normalized spacial score (nSPS) is 18.0. The third-order valence-corrected chi connectivity index (χ3v) is 4.23. The molecule has 2 aliphatic rings. The van der Waals surface area contributed by atoms with Gasteiger partial charge >= 0.3 is 11.5 Å². The predicted octanol–water partition coefficient (Wildman–Crippen LogP) is 2.01. The second-order valence-corrected chi connectivity index (χ2v) is 5.37. The van der Waals surface area contributed by atoms with Crippen LogP contribution in [0, 0.1) is 10.1 Å². The minimum atomic E-state index is -0.343. The van der Waals surface area contributed by atoms with Crippen LogP contribution in [0.3, 0.4) is 0 Å². The third kappa shape index (κ3) is 1.65. The molecule has 1 aromatic carbocycles. The Morgan fingerprint density at radius 2 is 2.18 bits per heavy atom. The van der Waals surface area contributed by atoms with Crippen LogP contribution in [0.2, 0.25) is 0 Å². The van der Waals surface area contributed by atoms with Crippen LogP contribution < -0.4 is 19.5 Å². The zero-order valence-electron chi connectivity index (χ0n) is 12.0. The van der Waals surface area contributed by atoms with E-state index in [0.29, 0.717) is 12.4 Å². The van der Waals surface area contributed by atoms with Gasteiger partial charge in [-0.1, -0.05) is 12.1 Å². The lowest BCUT2D eigenvalue weighted by Gasteiger charge is -2.16. The fourth-order valence-corrected chi connectivity index (χ4v) is 3.29. The fourth-order valence-electron chi connectivity index (χ4n) is 3.29. The molecule has 4 rings (SSSR count). The van der Waals surface area contributed by atoms with Crippen molar-refractivity contribution in [1.82, 2.24) is 0 Å². The summed E-state index contributed by atoms with van der Waals surface area (Å²) in [6.45, 7) is 1.46. The summed E-state index contributed by atoms with van der Waals surface area (Å²) in [6, 6.07) is 11.4. The summed E-state index contributed by atoms with van der Waals surface area (Å²) in [4.78, 5) is 13.0. The number of aromatic nitrogens is 1. The van der Waals surface area contributed by atoms with Gasteiger partial charge in [0, 0.05) is 12.1 Å².